The van der Waals surface area contributed by atoms with Crippen LogP contribution in [0.3, 0.4) is 0 Å². The van der Waals surface area contributed by atoms with Crippen LogP contribution in [-0.4, -0.2) is 24.7 Å². The molecule has 2 atom stereocenters. The van der Waals surface area contributed by atoms with Crippen LogP contribution in [0.5, 0.6) is 0 Å². The zero-order valence-electron chi connectivity index (χ0n) is 13.2. The van der Waals surface area contributed by atoms with Crippen molar-refractivity contribution in [1.82, 2.24) is 30.1 Å². The predicted octanol–water partition coefficient (Wildman–Crippen LogP) is 2.65. The minimum Gasteiger partial charge on any atom is -0.338 e. The van der Waals surface area contributed by atoms with Gasteiger partial charge >= 0.3 is 0 Å². The molecule has 0 fully saturated rings. The van der Waals surface area contributed by atoms with Crippen molar-refractivity contribution >= 4 is 5.65 Å². The van der Waals surface area contributed by atoms with Crippen LogP contribution in [0, 0.1) is 0 Å². The molecule has 0 spiro atoms. The van der Waals surface area contributed by atoms with Crippen molar-refractivity contribution in [3.63, 3.8) is 0 Å². The molecule has 116 valence electrons. The molecule has 0 amide bonds. The Hall–Kier alpha value is -2.28. The summed E-state index contributed by atoms with van der Waals surface area (Å²) in [4.78, 5) is 4.42. The van der Waals surface area contributed by atoms with Crippen LogP contribution >= 0.6 is 0 Å². The normalized spacial score (nSPS) is 14.6. The minimum absolute atomic E-state index is 0.00167. The molecular weight excluding hydrogens is 280 g/mol. The van der Waals surface area contributed by atoms with Gasteiger partial charge in [0.25, 0.3) is 0 Å². The van der Waals surface area contributed by atoms with E-state index in [-0.39, 0.29) is 18.0 Å². The van der Waals surface area contributed by atoms with E-state index in [4.69, 9.17) is 4.52 Å². The van der Waals surface area contributed by atoms with Crippen molar-refractivity contribution in [2.24, 2.45) is 0 Å². The topological polar surface area (TPSA) is 81.1 Å². The average Bonchev–Trinajstić information content (AvgIpc) is 3.14. The maximum Gasteiger partial charge on any atom is 0.243 e. The highest BCUT2D eigenvalue weighted by Crippen LogP contribution is 2.19. The Bertz CT molecular complexity index is 762. The van der Waals surface area contributed by atoms with Crippen molar-refractivity contribution in [1.29, 1.82) is 0 Å². The summed E-state index contributed by atoms with van der Waals surface area (Å²) in [5.41, 5.74) is 0.832. The van der Waals surface area contributed by atoms with Crippen LogP contribution in [-0.2, 0) is 0 Å². The van der Waals surface area contributed by atoms with Crippen LogP contribution in [0.1, 0.15) is 63.2 Å². The highest BCUT2D eigenvalue weighted by molar-refractivity contribution is 5.37. The Kier molecular flexibility index (Phi) is 3.89. The predicted molar refractivity (Wildman–Crippen MR) is 81.3 cm³/mol. The third-order valence-corrected chi connectivity index (χ3v) is 3.57. The Morgan fingerprint density at radius 2 is 1.91 bits per heavy atom. The number of aromatic nitrogens is 5. The van der Waals surface area contributed by atoms with Gasteiger partial charge in [0.15, 0.2) is 17.3 Å². The lowest BCUT2D eigenvalue weighted by Crippen LogP contribution is -2.24. The van der Waals surface area contributed by atoms with E-state index in [0.29, 0.717) is 5.89 Å². The molecule has 0 saturated heterocycles. The fourth-order valence-electron chi connectivity index (χ4n) is 2.33. The summed E-state index contributed by atoms with van der Waals surface area (Å²) in [5, 5.41) is 15.8. The fourth-order valence-corrected chi connectivity index (χ4v) is 2.33. The third kappa shape index (κ3) is 2.71. The maximum absolute atomic E-state index is 5.33. The number of hydrogen-bond acceptors (Lipinski definition) is 6. The molecule has 0 aliphatic carbocycles. The monoisotopic (exact) mass is 300 g/mol. The lowest BCUT2D eigenvalue weighted by molar-refractivity contribution is 0.322. The first-order chi connectivity index (χ1) is 10.6. The number of fused-ring (bicyclic) bond motifs is 1. The summed E-state index contributed by atoms with van der Waals surface area (Å²) in [5.74, 6) is 2.42. The third-order valence-electron chi connectivity index (χ3n) is 3.57. The summed E-state index contributed by atoms with van der Waals surface area (Å²) >= 11 is 0. The largest absolute Gasteiger partial charge is 0.338 e. The van der Waals surface area contributed by atoms with Crippen molar-refractivity contribution in [3.8, 4) is 0 Å². The first-order valence-corrected chi connectivity index (χ1v) is 7.45. The molecule has 7 nitrogen and oxygen atoms in total. The molecule has 0 bridgehead atoms. The molecule has 0 saturated carbocycles. The van der Waals surface area contributed by atoms with Gasteiger partial charge in [0, 0.05) is 12.1 Å². The molecule has 0 radical (unpaired) electrons. The van der Waals surface area contributed by atoms with Gasteiger partial charge in [0.05, 0.1) is 12.1 Å². The molecule has 2 unspecified atom stereocenters. The van der Waals surface area contributed by atoms with Crippen molar-refractivity contribution in [2.75, 3.05) is 0 Å². The van der Waals surface area contributed by atoms with Gasteiger partial charge in [-0.1, -0.05) is 25.1 Å². The molecule has 0 aliphatic heterocycles. The van der Waals surface area contributed by atoms with Crippen LogP contribution < -0.4 is 5.32 Å². The van der Waals surface area contributed by atoms with E-state index in [9.17, 15) is 0 Å². The standard InChI is InChI=1S/C15H20N6O/c1-9(2)13-17-15(22-20-13)11(4)16-10(3)14-19-18-12-7-5-6-8-21(12)14/h5-11,16H,1-4H3. The fraction of sp³-hybridized carbons (Fsp3) is 0.467. The van der Waals surface area contributed by atoms with Crippen LogP contribution in [0.25, 0.3) is 5.65 Å². The Morgan fingerprint density at radius 3 is 2.64 bits per heavy atom. The smallest absolute Gasteiger partial charge is 0.243 e. The van der Waals surface area contributed by atoms with E-state index in [2.05, 4.69) is 25.7 Å². The number of rotatable bonds is 5. The lowest BCUT2D eigenvalue weighted by atomic mass is 10.2. The quantitative estimate of drug-likeness (QED) is 0.780. The number of nitrogens with one attached hydrogen (secondary N) is 1. The molecule has 3 rings (SSSR count). The first-order valence-electron chi connectivity index (χ1n) is 7.45. The van der Waals surface area contributed by atoms with E-state index in [0.717, 1.165) is 17.3 Å². The molecule has 0 aromatic carbocycles. The minimum atomic E-state index is -0.0638. The maximum atomic E-state index is 5.33. The molecule has 3 aromatic heterocycles. The molecular formula is C15H20N6O. The summed E-state index contributed by atoms with van der Waals surface area (Å²) in [6.07, 6.45) is 1.96. The second-order valence-corrected chi connectivity index (χ2v) is 5.74. The second-order valence-electron chi connectivity index (χ2n) is 5.74. The highest BCUT2D eigenvalue weighted by atomic mass is 16.5. The zero-order valence-corrected chi connectivity index (χ0v) is 13.2. The van der Waals surface area contributed by atoms with Crippen molar-refractivity contribution in [3.05, 3.63) is 41.9 Å². The molecule has 3 heterocycles. The molecule has 22 heavy (non-hydrogen) atoms. The van der Waals surface area contributed by atoms with Crippen molar-refractivity contribution < 1.29 is 4.52 Å². The van der Waals surface area contributed by atoms with Gasteiger partial charge < -0.3 is 4.52 Å². The molecule has 1 N–H and O–H groups in total. The second kappa shape index (κ2) is 5.84. The number of nitrogens with zero attached hydrogens (tertiary/aromatic N) is 5. The summed E-state index contributed by atoms with van der Waals surface area (Å²) in [6.45, 7) is 8.12. The van der Waals surface area contributed by atoms with Crippen LogP contribution in [0.15, 0.2) is 28.9 Å². The first kappa shape index (κ1) is 14.6. The van der Waals surface area contributed by atoms with Gasteiger partial charge in [-0.3, -0.25) is 9.72 Å². The molecule has 3 aromatic rings. The number of pyridine rings is 1. The van der Waals surface area contributed by atoms with Crippen molar-refractivity contribution in [2.45, 2.75) is 45.7 Å². The Labute approximate surface area is 128 Å². The SMILES string of the molecule is CC(C)c1noc(C(C)NC(C)c2nnc3ccccn23)n1. The Morgan fingerprint density at radius 1 is 1.09 bits per heavy atom. The summed E-state index contributed by atoms with van der Waals surface area (Å²) < 4.78 is 7.30. The van der Waals surface area contributed by atoms with E-state index in [1.54, 1.807) is 0 Å². The average molecular weight is 300 g/mol. The lowest BCUT2D eigenvalue weighted by Gasteiger charge is -2.15. The van der Waals surface area contributed by atoms with Gasteiger partial charge in [0.2, 0.25) is 5.89 Å². The zero-order chi connectivity index (χ0) is 15.7. The molecule has 0 aliphatic rings. The van der Waals surface area contributed by atoms with Gasteiger partial charge in [-0.15, -0.1) is 10.2 Å². The van der Waals surface area contributed by atoms with Crippen LogP contribution in [0.2, 0.25) is 0 Å². The van der Waals surface area contributed by atoms with E-state index >= 15 is 0 Å². The van der Waals surface area contributed by atoms with Gasteiger partial charge in [-0.05, 0) is 26.0 Å². The van der Waals surface area contributed by atoms with Gasteiger partial charge in [0.1, 0.15) is 0 Å². The highest BCUT2D eigenvalue weighted by Gasteiger charge is 2.20. The summed E-state index contributed by atoms with van der Waals surface area (Å²) in [7, 11) is 0. The van der Waals surface area contributed by atoms with Gasteiger partial charge in [-0.2, -0.15) is 4.98 Å². The van der Waals surface area contributed by atoms with E-state index < -0.39 is 0 Å². The molecule has 7 heteroatoms. The Balaban J connectivity index is 1.76. The van der Waals surface area contributed by atoms with Crippen LogP contribution in [0.4, 0.5) is 0 Å². The van der Waals surface area contributed by atoms with E-state index in [1.165, 1.54) is 0 Å². The van der Waals surface area contributed by atoms with E-state index in [1.807, 2.05) is 56.5 Å². The summed E-state index contributed by atoms with van der Waals surface area (Å²) in [6, 6.07) is 5.77. The number of hydrogen-bond donors (Lipinski definition) is 1. The van der Waals surface area contributed by atoms with Gasteiger partial charge in [-0.25, -0.2) is 0 Å².